The molecule has 0 heterocycles. The average molecular weight is 378 g/mol. The zero-order valence-electron chi connectivity index (χ0n) is 16.4. The van der Waals surface area contributed by atoms with Crippen molar-refractivity contribution in [2.45, 2.75) is 0 Å². The van der Waals surface area contributed by atoms with Crippen LogP contribution in [0.2, 0.25) is 0 Å². The molecule has 0 saturated carbocycles. The molecule has 0 unspecified atom stereocenters. The van der Waals surface area contributed by atoms with Crippen LogP contribution in [0, 0.1) is 0 Å². The third-order valence-electron chi connectivity index (χ3n) is 6.54. The van der Waals surface area contributed by atoms with Gasteiger partial charge in [-0.3, -0.25) is 0 Å². The Bertz CT molecular complexity index is 1670. The van der Waals surface area contributed by atoms with Gasteiger partial charge in [0.1, 0.15) is 0 Å². The molecule has 0 radical (unpaired) electrons. The van der Waals surface area contributed by atoms with Crippen LogP contribution in [-0.2, 0) is 0 Å². The van der Waals surface area contributed by atoms with Crippen molar-refractivity contribution in [3.05, 3.63) is 109 Å². The number of hydrogen-bond acceptors (Lipinski definition) is 0. The van der Waals surface area contributed by atoms with Crippen LogP contribution in [0.1, 0.15) is 0 Å². The third-order valence-corrected chi connectivity index (χ3v) is 6.54. The summed E-state index contributed by atoms with van der Waals surface area (Å²) in [6.07, 6.45) is 0. The highest BCUT2D eigenvalue weighted by atomic mass is 14.2. The Hall–Kier alpha value is -3.90. The van der Waals surface area contributed by atoms with Crippen LogP contribution in [0.3, 0.4) is 0 Å². The normalized spacial score (nSPS) is 12.0. The van der Waals surface area contributed by atoms with Gasteiger partial charge < -0.3 is 0 Å². The molecule has 138 valence electrons. The van der Waals surface area contributed by atoms with Gasteiger partial charge in [-0.05, 0) is 83.2 Å². The van der Waals surface area contributed by atoms with Crippen molar-refractivity contribution in [3.8, 4) is 11.1 Å². The molecule has 0 aliphatic rings. The molecule has 0 saturated heterocycles. The van der Waals surface area contributed by atoms with Crippen molar-refractivity contribution in [1.82, 2.24) is 0 Å². The number of benzene rings is 7. The highest BCUT2D eigenvalue weighted by Crippen LogP contribution is 2.40. The van der Waals surface area contributed by atoms with Crippen molar-refractivity contribution in [2.75, 3.05) is 0 Å². The Labute approximate surface area is 174 Å². The lowest BCUT2D eigenvalue weighted by Gasteiger charge is -2.15. The molecule has 0 heteroatoms. The van der Waals surface area contributed by atoms with Crippen molar-refractivity contribution in [3.63, 3.8) is 0 Å². The Kier molecular flexibility index (Phi) is 3.09. The van der Waals surface area contributed by atoms with Crippen molar-refractivity contribution in [1.29, 1.82) is 0 Å². The summed E-state index contributed by atoms with van der Waals surface area (Å²) >= 11 is 0. The lowest BCUT2D eigenvalue weighted by Crippen LogP contribution is -1.88. The van der Waals surface area contributed by atoms with Crippen LogP contribution in [0.25, 0.3) is 65.0 Å². The molecule has 7 rings (SSSR count). The predicted octanol–water partition coefficient (Wildman–Crippen LogP) is 8.56. The first-order chi connectivity index (χ1) is 14.9. The topological polar surface area (TPSA) is 0 Å². The highest BCUT2D eigenvalue weighted by Gasteiger charge is 2.12. The fourth-order valence-corrected chi connectivity index (χ4v) is 5.20. The van der Waals surface area contributed by atoms with Crippen LogP contribution in [-0.4, -0.2) is 0 Å². The van der Waals surface area contributed by atoms with Gasteiger partial charge in [-0.15, -0.1) is 0 Å². The minimum absolute atomic E-state index is 1.28. The maximum Gasteiger partial charge on any atom is -0.00264 e. The van der Waals surface area contributed by atoms with Gasteiger partial charge in [0.25, 0.3) is 0 Å². The summed E-state index contributed by atoms with van der Waals surface area (Å²) in [5.74, 6) is 0. The number of rotatable bonds is 1. The summed E-state index contributed by atoms with van der Waals surface area (Å²) in [6, 6.07) is 40.2. The predicted molar refractivity (Wildman–Crippen MR) is 131 cm³/mol. The summed E-state index contributed by atoms with van der Waals surface area (Å²) in [6.45, 7) is 0. The van der Waals surface area contributed by atoms with Gasteiger partial charge in [0, 0.05) is 0 Å². The molecule has 0 aliphatic carbocycles. The van der Waals surface area contributed by atoms with Gasteiger partial charge in [0.05, 0.1) is 0 Å². The number of hydrogen-bond donors (Lipinski definition) is 0. The van der Waals surface area contributed by atoms with Crippen LogP contribution in [0.4, 0.5) is 0 Å². The lowest BCUT2D eigenvalue weighted by molar-refractivity contribution is 1.71. The molecule has 0 aromatic heterocycles. The third kappa shape index (κ3) is 2.11. The zero-order valence-corrected chi connectivity index (χ0v) is 16.4. The summed E-state index contributed by atoms with van der Waals surface area (Å²) in [5.41, 5.74) is 2.58. The molecule has 0 N–H and O–H groups in total. The minimum Gasteiger partial charge on any atom is -0.0616 e. The van der Waals surface area contributed by atoms with Gasteiger partial charge in [0.15, 0.2) is 0 Å². The summed E-state index contributed by atoms with van der Waals surface area (Å²) < 4.78 is 0. The van der Waals surface area contributed by atoms with E-state index in [9.17, 15) is 0 Å². The molecular weight excluding hydrogens is 360 g/mol. The van der Waals surface area contributed by atoms with E-state index in [-0.39, 0.29) is 0 Å². The van der Waals surface area contributed by atoms with E-state index in [1.54, 1.807) is 0 Å². The quantitative estimate of drug-likeness (QED) is 0.251. The smallest absolute Gasteiger partial charge is 0.00264 e. The standard InChI is InChI=1S/C30H18/c1-2-9-25-21(6-1)18-28(27-11-4-3-10-26(25)27)24-16-22-14-12-19-7-5-8-20-13-15-23(17-24)30(22)29(19)20/h1-18H. The van der Waals surface area contributed by atoms with E-state index in [0.717, 1.165) is 0 Å². The van der Waals surface area contributed by atoms with Crippen LogP contribution in [0.5, 0.6) is 0 Å². The molecule has 0 bridgehead atoms. The van der Waals surface area contributed by atoms with E-state index in [2.05, 4.69) is 109 Å². The van der Waals surface area contributed by atoms with E-state index >= 15 is 0 Å². The lowest BCUT2D eigenvalue weighted by atomic mass is 9.89. The second-order valence-corrected chi connectivity index (χ2v) is 8.20. The molecule has 0 atom stereocenters. The van der Waals surface area contributed by atoms with Gasteiger partial charge in [-0.25, -0.2) is 0 Å². The van der Waals surface area contributed by atoms with Crippen LogP contribution >= 0.6 is 0 Å². The molecule has 0 nitrogen and oxygen atoms in total. The van der Waals surface area contributed by atoms with Crippen molar-refractivity contribution >= 4 is 53.9 Å². The van der Waals surface area contributed by atoms with E-state index in [1.807, 2.05) is 0 Å². The Morgan fingerprint density at radius 3 is 1.60 bits per heavy atom. The average Bonchev–Trinajstić information content (AvgIpc) is 2.82. The second kappa shape index (κ2) is 5.81. The molecule has 7 aromatic carbocycles. The first-order valence-corrected chi connectivity index (χ1v) is 10.5. The van der Waals surface area contributed by atoms with E-state index in [1.165, 1.54) is 65.0 Å². The van der Waals surface area contributed by atoms with E-state index in [4.69, 9.17) is 0 Å². The van der Waals surface area contributed by atoms with Crippen LogP contribution in [0.15, 0.2) is 109 Å². The Morgan fingerprint density at radius 2 is 0.867 bits per heavy atom. The first-order valence-electron chi connectivity index (χ1n) is 10.5. The van der Waals surface area contributed by atoms with Gasteiger partial charge in [0.2, 0.25) is 0 Å². The highest BCUT2D eigenvalue weighted by molar-refractivity contribution is 6.24. The summed E-state index contributed by atoms with van der Waals surface area (Å²) in [4.78, 5) is 0. The van der Waals surface area contributed by atoms with Crippen molar-refractivity contribution < 1.29 is 0 Å². The van der Waals surface area contributed by atoms with E-state index in [0.29, 0.717) is 0 Å². The zero-order chi connectivity index (χ0) is 19.7. The van der Waals surface area contributed by atoms with E-state index < -0.39 is 0 Å². The molecule has 0 fully saturated rings. The largest absolute Gasteiger partial charge is 0.0616 e. The van der Waals surface area contributed by atoms with Gasteiger partial charge in [-0.1, -0.05) is 91.0 Å². The maximum absolute atomic E-state index is 2.37. The number of fused-ring (bicyclic) bond motifs is 3. The SMILES string of the molecule is c1ccc2c(c1)cc(-c1cc3ccc4cccc5ccc(c1)c3c45)c1ccccc12. The fourth-order valence-electron chi connectivity index (χ4n) is 5.20. The Morgan fingerprint density at radius 1 is 0.333 bits per heavy atom. The monoisotopic (exact) mass is 378 g/mol. The fraction of sp³-hybridized carbons (Fsp3) is 0. The van der Waals surface area contributed by atoms with Crippen LogP contribution < -0.4 is 0 Å². The van der Waals surface area contributed by atoms with Crippen molar-refractivity contribution in [2.24, 2.45) is 0 Å². The first kappa shape index (κ1) is 16.0. The molecule has 7 aromatic rings. The molecular formula is C30H18. The summed E-state index contributed by atoms with van der Waals surface area (Å²) in [5, 5.41) is 13.2. The van der Waals surface area contributed by atoms with Gasteiger partial charge >= 0.3 is 0 Å². The Balaban J connectivity index is 1.63. The molecule has 0 aliphatic heterocycles. The molecule has 0 spiro atoms. The second-order valence-electron chi connectivity index (χ2n) is 8.20. The molecule has 0 amide bonds. The minimum atomic E-state index is 1.28. The molecule has 30 heavy (non-hydrogen) atoms. The summed E-state index contributed by atoms with van der Waals surface area (Å²) in [7, 11) is 0. The maximum atomic E-state index is 2.37. The van der Waals surface area contributed by atoms with Gasteiger partial charge in [-0.2, -0.15) is 0 Å².